The number of hydrogen-bond donors (Lipinski definition) is 5. The maximum Gasteiger partial charge on any atom is 0.228 e. The first-order valence-corrected chi connectivity index (χ1v) is 8.76. The van der Waals surface area contributed by atoms with Crippen LogP contribution in [0, 0.1) is 0 Å². The van der Waals surface area contributed by atoms with E-state index in [2.05, 4.69) is 0 Å². The summed E-state index contributed by atoms with van der Waals surface area (Å²) >= 11 is 0. The molecule has 1 fully saturated rings. The van der Waals surface area contributed by atoms with Gasteiger partial charge in [-0.3, -0.25) is 4.79 Å². The molecule has 2 aromatic carbocycles. The van der Waals surface area contributed by atoms with Gasteiger partial charge in [0.25, 0.3) is 0 Å². The van der Waals surface area contributed by atoms with Crippen molar-refractivity contribution in [1.29, 1.82) is 0 Å². The van der Waals surface area contributed by atoms with Crippen molar-refractivity contribution in [2.45, 2.75) is 24.6 Å². The molecule has 4 unspecified atom stereocenters. The highest BCUT2D eigenvalue weighted by atomic mass is 16.7. The second-order valence-electron chi connectivity index (χ2n) is 6.71. The van der Waals surface area contributed by atoms with E-state index in [1.54, 1.807) is 12.1 Å². The van der Waals surface area contributed by atoms with Gasteiger partial charge in [0.2, 0.25) is 6.29 Å². The average Bonchev–Trinajstić information content (AvgIpc) is 2.68. The van der Waals surface area contributed by atoms with Crippen LogP contribution in [0.1, 0.15) is 0 Å². The number of fused-ring (bicyclic) bond motifs is 1. The van der Waals surface area contributed by atoms with Crippen molar-refractivity contribution in [3.8, 4) is 28.6 Å². The molecule has 9 nitrogen and oxygen atoms in total. The van der Waals surface area contributed by atoms with Crippen LogP contribution in [0.4, 0.5) is 0 Å². The summed E-state index contributed by atoms with van der Waals surface area (Å²) in [6, 6.07) is 9.74. The topological polar surface area (TPSA) is 150 Å². The smallest absolute Gasteiger partial charge is 0.228 e. The van der Waals surface area contributed by atoms with E-state index in [9.17, 15) is 30.3 Å². The first kappa shape index (κ1) is 19.2. The van der Waals surface area contributed by atoms with Crippen molar-refractivity contribution in [1.82, 2.24) is 0 Å². The molecule has 1 saturated heterocycles. The number of phenolic OH excluding ortho intramolecular Hbond substituents is 2. The minimum atomic E-state index is -1.52. The molecule has 5 N–H and O–H groups in total. The van der Waals surface area contributed by atoms with Gasteiger partial charge in [-0.1, -0.05) is 0 Å². The molecule has 1 aliphatic rings. The highest BCUT2D eigenvalue weighted by Crippen LogP contribution is 2.32. The van der Waals surface area contributed by atoms with Crippen molar-refractivity contribution >= 4 is 11.0 Å². The summed E-state index contributed by atoms with van der Waals surface area (Å²) < 4.78 is 16.4. The fourth-order valence-corrected chi connectivity index (χ4v) is 3.10. The summed E-state index contributed by atoms with van der Waals surface area (Å²) in [7, 11) is 0. The van der Waals surface area contributed by atoms with Crippen LogP contribution in [0.15, 0.2) is 51.7 Å². The summed E-state index contributed by atoms with van der Waals surface area (Å²) in [6.45, 7) is -0.247. The number of aliphatic hydroxyl groups excluding tert-OH is 3. The van der Waals surface area contributed by atoms with E-state index < -0.39 is 35.8 Å². The minimum absolute atomic E-state index is 0.0219. The van der Waals surface area contributed by atoms with Gasteiger partial charge in [0, 0.05) is 23.8 Å². The lowest BCUT2D eigenvalue weighted by Crippen LogP contribution is -2.54. The molecule has 1 aliphatic heterocycles. The zero-order valence-corrected chi connectivity index (χ0v) is 14.9. The van der Waals surface area contributed by atoms with E-state index in [4.69, 9.17) is 13.9 Å². The van der Waals surface area contributed by atoms with Gasteiger partial charge >= 0.3 is 0 Å². The Balaban J connectivity index is 1.71. The zero-order valence-electron chi connectivity index (χ0n) is 14.9. The van der Waals surface area contributed by atoms with Gasteiger partial charge in [0.1, 0.15) is 52.3 Å². The molecule has 1 aromatic heterocycles. The molecule has 0 bridgehead atoms. The Bertz CT molecular complexity index is 1090. The SMILES string of the molecule is O=c1cc(-c2ccc(O)cc2)oc2cc(OC3OCC(O)C(O)C3O)cc(O)c12. The Morgan fingerprint density at radius 1 is 0.966 bits per heavy atom. The number of hydrogen-bond acceptors (Lipinski definition) is 9. The molecule has 9 heteroatoms. The Labute approximate surface area is 163 Å². The van der Waals surface area contributed by atoms with Crippen molar-refractivity contribution in [3.63, 3.8) is 0 Å². The molecular weight excluding hydrogens is 384 g/mol. The summed E-state index contributed by atoms with van der Waals surface area (Å²) in [4.78, 5) is 12.5. The van der Waals surface area contributed by atoms with Gasteiger partial charge in [-0.25, -0.2) is 0 Å². The highest BCUT2D eigenvalue weighted by molar-refractivity contribution is 5.86. The van der Waals surface area contributed by atoms with Crippen LogP contribution in [0.3, 0.4) is 0 Å². The van der Waals surface area contributed by atoms with Crippen molar-refractivity contribution in [2.24, 2.45) is 0 Å². The molecular formula is C20H18O9. The van der Waals surface area contributed by atoms with E-state index in [1.807, 2.05) is 0 Å². The van der Waals surface area contributed by atoms with E-state index >= 15 is 0 Å². The fourth-order valence-electron chi connectivity index (χ4n) is 3.10. The molecule has 0 radical (unpaired) electrons. The van der Waals surface area contributed by atoms with E-state index in [-0.39, 0.29) is 34.8 Å². The first-order chi connectivity index (χ1) is 13.8. The van der Waals surface area contributed by atoms with E-state index in [1.165, 1.54) is 24.3 Å². The quantitative estimate of drug-likeness (QED) is 0.426. The molecule has 152 valence electrons. The molecule has 29 heavy (non-hydrogen) atoms. The monoisotopic (exact) mass is 402 g/mol. The van der Waals surface area contributed by atoms with Gasteiger partial charge in [0.15, 0.2) is 5.43 Å². The number of rotatable bonds is 3. The first-order valence-electron chi connectivity index (χ1n) is 8.76. The summed E-state index contributed by atoms with van der Waals surface area (Å²) in [6.07, 6.45) is -5.52. The normalized spacial score (nSPS) is 24.5. The second kappa shape index (κ2) is 7.37. The van der Waals surface area contributed by atoms with E-state index in [0.29, 0.717) is 5.56 Å². The molecule has 2 heterocycles. The molecule has 4 rings (SSSR count). The Hall–Kier alpha value is -3.11. The second-order valence-corrected chi connectivity index (χ2v) is 6.71. The van der Waals surface area contributed by atoms with Crippen molar-refractivity contribution in [2.75, 3.05) is 6.61 Å². The maximum atomic E-state index is 12.5. The fraction of sp³-hybridized carbons (Fsp3) is 0.250. The Kier molecular flexibility index (Phi) is 4.89. The number of benzene rings is 2. The summed E-state index contributed by atoms with van der Waals surface area (Å²) in [5.74, 6) is -0.0989. The lowest BCUT2D eigenvalue weighted by atomic mass is 10.1. The Morgan fingerprint density at radius 3 is 2.41 bits per heavy atom. The van der Waals surface area contributed by atoms with E-state index in [0.717, 1.165) is 6.07 Å². The average molecular weight is 402 g/mol. The molecule has 0 aliphatic carbocycles. The molecule has 4 atom stereocenters. The van der Waals surface area contributed by atoms with Gasteiger partial charge in [-0.2, -0.15) is 0 Å². The minimum Gasteiger partial charge on any atom is -0.508 e. The zero-order chi connectivity index (χ0) is 20.7. The predicted molar refractivity (Wildman–Crippen MR) is 99.6 cm³/mol. The largest absolute Gasteiger partial charge is 0.508 e. The number of phenols is 2. The third kappa shape index (κ3) is 3.64. The number of aromatic hydroxyl groups is 2. The molecule has 3 aromatic rings. The lowest BCUT2D eigenvalue weighted by molar-refractivity contribution is -0.242. The van der Waals surface area contributed by atoms with Gasteiger partial charge in [-0.15, -0.1) is 0 Å². The molecule has 0 saturated carbocycles. The van der Waals surface area contributed by atoms with Crippen molar-refractivity contribution < 1.29 is 39.4 Å². The molecule has 0 amide bonds. The van der Waals surface area contributed by atoms with Crippen LogP contribution in [-0.4, -0.2) is 56.7 Å². The van der Waals surface area contributed by atoms with Crippen LogP contribution in [0.5, 0.6) is 17.2 Å². The van der Waals surface area contributed by atoms with Crippen LogP contribution >= 0.6 is 0 Å². The van der Waals surface area contributed by atoms with Crippen LogP contribution in [0.25, 0.3) is 22.3 Å². The standard InChI is InChI=1S/C20H18O9/c21-10-3-1-9(2-4-10)15-7-13(23)17-12(22)5-11(6-16(17)29-15)28-20-19(26)18(25)14(24)8-27-20/h1-7,14,18-22,24-26H,8H2. The van der Waals surface area contributed by atoms with Gasteiger partial charge in [0.05, 0.1) is 6.61 Å². The van der Waals surface area contributed by atoms with Crippen LogP contribution in [-0.2, 0) is 4.74 Å². The summed E-state index contributed by atoms with van der Waals surface area (Å²) in [5, 5.41) is 48.9. The maximum absolute atomic E-state index is 12.5. The Morgan fingerprint density at radius 2 is 1.69 bits per heavy atom. The summed E-state index contributed by atoms with van der Waals surface area (Å²) in [5.41, 5.74) is 0.0862. The lowest BCUT2D eigenvalue weighted by Gasteiger charge is -2.34. The number of ether oxygens (including phenoxy) is 2. The van der Waals surface area contributed by atoms with Crippen LogP contribution < -0.4 is 10.2 Å². The van der Waals surface area contributed by atoms with Crippen LogP contribution in [0.2, 0.25) is 0 Å². The van der Waals surface area contributed by atoms with Crippen molar-refractivity contribution in [3.05, 3.63) is 52.7 Å². The predicted octanol–water partition coefficient (Wildman–Crippen LogP) is 0.689. The highest BCUT2D eigenvalue weighted by Gasteiger charge is 2.39. The molecule has 0 spiro atoms. The number of aliphatic hydroxyl groups is 3. The third-order valence-electron chi connectivity index (χ3n) is 4.64. The van der Waals surface area contributed by atoms with Gasteiger partial charge in [-0.05, 0) is 24.3 Å². The van der Waals surface area contributed by atoms with Gasteiger partial charge < -0.3 is 39.4 Å². The third-order valence-corrected chi connectivity index (χ3v) is 4.64.